The van der Waals surface area contributed by atoms with E-state index in [9.17, 15) is 4.79 Å². The van der Waals surface area contributed by atoms with Gasteiger partial charge in [-0.15, -0.1) is 0 Å². The van der Waals surface area contributed by atoms with Crippen LogP contribution in [0.1, 0.15) is 64.7 Å². The van der Waals surface area contributed by atoms with E-state index in [1.54, 1.807) is 0 Å². The molecule has 0 radical (unpaired) electrons. The van der Waals surface area contributed by atoms with Crippen LogP contribution in [0.5, 0.6) is 0 Å². The second kappa shape index (κ2) is 8.28. The van der Waals surface area contributed by atoms with Crippen molar-refractivity contribution in [3.8, 4) is 0 Å². The summed E-state index contributed by atoms with van der Waals surface area (Å²) in [6.45, 7) is 2.13. The summed E-state index contributed by atoms with van der Waals surface area (Å²) in [7, 11) is 0. The predicted octanol–water partition coefficient (Wildman–Crippen LogP) is 4.80. The molecule has 20 heavy (non-hydrogen) atoms. The second-order valence-corrected chi connectivity index (χ2v) is 6.08. The Morgan fingerprint density at radius 3 is 2.70 bits per heavy atom. The van der Waals surface area contributed by atoms with Gasteiger partial charge >= 0.3 is 5.97 Å². The Morgan fingerprint density at radius 2 is 1.85 bits per heavy atom. The third-order valence-corrected chi connectivity index (χ3v) is 4.53. The number of rotatable bonds is 1. The molecule has 0 unspecified atom stereocenters. The van der Waals surface area contributed by atoms with Crippen molar-refractivity contribution < 1.29 is 9.53 Å². The van der Waals surface area contributed by atoms with Crippen LogP contribution in [0.4, 0.5) is 0 Å². The summed E-state index contributed by atoms with van der Waals surface area (Å²) >= 11 is 0. The summed E-state index contributed by atoms with van der Waals surface area (Å²) in [6.07, 6.45) is 18.9. The fourth-order valence-corrected chi connectivity index (χ4v) is 3.32. The van der Waals surface area contributed by atoms with Gasteiger partial charge in [0, 0.05) is 18.3 Å². The van der Waals surface area contributed by atoms with E-state index < -0.39 is 0 Å². The largest absolute Gasteiger partial charge is 0.462 e. The van der Waals surface area contributed by atoms with Crippen molar-refractivity contribution in [1.82, 2.24) is 0 Å². The molecule has 0 bridgehead atoms. The molecule has 0 aromatic carbocycles. The molecular weight excluding hydrogens is 248 g/mol. The molecule has 1 aliphatic heterocycles. The van der Waals surface area contributed by atoms with Crippen molar-refractivity contribution in [1.29, 1.82) is 0 Å². The molecule has 112 valence electrons. The number of fused-ring (bicyclic) bond motifs is 1. The summed E-state index contributed by atoms with van der Waals surface area (Å²) in [4.78, 5) is 12.0. The van der Waals surface area contributed by atoms with Crippen LogP contribution in [0.2, 0.25) is 0 Å². The SMILES string of the molecule is CC[C@@H]1OC(=O)CCCCCCC/C=C\[C@@H]2C=CC[C@@H]12. The maximum absolute atomic E-state index is 12.0. The van der Waals surface area contributed by atoms with Crippen LogP contribution in [0.3, 0.4) is 0 Å². The van der Waals surface area contributed by atoms with Gasteiger partial charge in [0.05, 0.1) is 0 Å². The van der Waals surface area contributed by atoms with Gasteiger partial charge in [0.1, 0.15) is 6.10 Å². The number of cyclic esters (lactones) is 1. The molecule has 0 saturated carbocycles. The summed E-state index contributed by atoms with van der Waals surface area (Å²) in [6, 6.07) is 0. The number of carbonyl (C=O) groups excluding carboxylic acids is 1. The zero-order valence-electron chi connectivity index (χ0n) is 12.7. The highest BCUT2D eigenvalue weighted by molar-refractivity contribution is 5.69. The minimum atomic E-state index is 0.00328. The highest BCUT2D eigenvalue weighted by Crippen LogP contribution is 2.33. The lowest BCUT2D eigenvalue weighted by atomic mass is 9.88. The van der Waals surface area contributed by atoms with Crippen molar-refractivity contribution in [3.05, 3.63) is 24.3 Å². The fraction of sp³-hybridized carbons (Fsp3) is 0.722. The Balaban J connectivity index is 2.02. The monoisotopic (exact) mass is 276 g/mol. The molecule has 2 nitrogen and oxygen atoms in total. The van der Waals surface area contributed by atoms with Crippen LogP contribution < -0.4 is 0 Å². The average molecular weight is 276 g/mol. The van der Waals surface area contributed by atoms with Gasteiger partial charge in [-0.05, 0) is 32.1 Å². The molecule has 0 N–H and O–H groups in total. The molecule has 1 aliphatic carbocycles. The van der Waals surface area contributed by atoms with Gasteiger partial charge in [0.2, 0.25) is 0 Å². The van der Waals surface area contributed by atoms with Crippen LogP contribution in [0, 0.1) is 11.8 Å². The highest BCUT2D eigenvalue weighted by Gasteiger charge is 2.30. The van der Waals surface area contributed by atoms with E-state index in [0.29, 0.717) is 18.3 Å². The van der Waals surface area contributed by atoms with Gasteiger partial charge in [0.15, 0.2) is 0 Å². The highest BCUT2D eigenvalue weighted by atomic mass is 16.5. The maximum Gasteiger partial charge on any atom is 0.306 e. The number of carbonyl (C=O) groups is 1. The topological polar surface area (TPSA) is 26.3 Å². The number of hydrogen-bond acceptors (Lipinski definition) is 2. The molecule has 0 aromatic rings. The lowest BCUT2D eigenvalue weighted by Crippen LogP contribution is -2.28. The first-order valence-corrected chi connectivity index (χ1v) is 8.34. The number of ether oxygens (including phenoxy) is 1. The Labute approximate surface area is 123 Å². The van der Waals surface area contributed by atoms with Crippen molar-refractivity contribution >= 4 is 5.97 Å². The summed E-state index contributed by atoms with van der Waals surface area (Å²) in [5.74, 6) is 0.905. The van der Waals surface area contributed by atoms with Crippen LogP contribution in [0.25, 0.3) is 0 Å². The van der Waals surface area contributed by atoms with E-state index in [1.165, 1.54) is 25.7 Å². The van der Waals surface area contributed by atoms with Crippen LogP contribution in [-0.4, -0.2) is 12.1 Å². The lowest BCUT2D eigenvalue weighted by Gasteiger charge is -2.26. The maximum atomic E-state index is 12.0. The zero-order chi connectivity index (χ0) is 14.2. The standard InChI is InChI=1S/C18H28O2/c1-2-17-16-13-10-12-15(16)11-8-6-4-3-5-7-9-14-18(19)20-17/h8,10-12,15-17H,2-7,9,13-14H2,1H3/b11-8-/t15-,16-,17+/m1/s1. The molecule has 0 saturated heterocycles. The minimum Gasteiger partial charge on any atom is -0.462 e. The lowest BCUT2D eigenvalue weighted by molar-refractivity contribution is -0.152. The van der Waals surface area contributed by atoms with Gasteiger partial charge in [0.25, 0.3) is 0 Å². The minimum absolute atomic E-state index is 0.00328. The molecule has 0 amide bonds. The van der Waals surface area contributed by atoms with Crippen LogP contribution in [0.15, 0.2) is 24.3 Å². The summed E-state index contributed by atoms with van der Waals surface area (Å²) < 4.78 is 5.75. The Hall–Kier alpha value is -1.05. The van der Waals surface area contributed by atoms with E-state index >= 15 is 0 Å². The van der Waals surface area contributed by atoms with Crippen LogP contribution >= 0.6 is 0 Å². The molecule has 0 aromatic heterocycles. The van der Waals surface area contributed by atoms with Crippen molar-refractivity contribution in [2.75, 3.05) is 0 Å². The van der Waals surface area contributed by atoms with Crippen molar-refractivity contribution in [3.63, 3.8) is 0 Å². The van der Waals surface area contributed by atoms with E-state index in [2.05, 4.69) is 31.2 Å². The van der Waals surface area contributed by atoms with E-state index in [0.717, 1.165) is 25.7 Å². The first-order valence-electron chi connectivity index (χ1n) is 8.34. The fourth-order valence-electron chi connectivity index (χ4n) is 3.32. The molecule has 2 heteroatoms. The quantitative estimate of drug-likeness (QED) is 0.508. The number of allylic oxidation sites excluding steroid dienone is 4. The molecule has 3 atom stereocenters. The Bertz CT molecular complexity index is 356. The van der Waals surface area contributed by atoms with Gasteiger partial charge in [-0.25, -0.2) is 0 Å². The molecular formula is C18H28O2. The zero-order valence-corrected chi connectivity index (χ0v) is 12.7. The van der Waals surface area contributed by atoms with E-state index in [4.69, 9.17) is 4.74 Å². The first-order chi connectivity index (χ1) is 9.81. The molecule has 2 aliphatic rings. The average Bonchev–Trinajstić information content (AvgIpc) is 2.90. The van der Waals surface area contributed by atoms with Crippen molar-refractivity contribution in [2.45, 2.75) is 70.8 Å². The van der Waals surface area contributed by atoms with E-state index in [-0.39, 0.29) is 12.1 Å². The van der Waals surface area contributed by atoms with Gasteiger partial charge in [-0.2, -0.15) is 0 Å². The third-order valence-electron chi connectivity index (χ3n) is 4.53. The Kier molecular flexibility index (Phi) is 6.35. The molecule has 2 rings (SSSR count). The molecule has 0 spiro atoms. The van der Waals surface area contributed by atoms with Crippen molar-refractivity contribution in [2.24, 2.45) is 11.8 Å². The predicted molar refractivity (Wildman–Crippen MR) is 82.4 cm³/mol. The summed E-state index contributed by atoms with van der Waals surface area (Å²) in [5, 5.41) is 0. The van der Waals surface area contributed by atoms with Crippen LogP contribution in [-0.2, 0) is 9.53 Å². The third kappa shape index (κ3) is 4.50. The van der Waals surface area contributed by atoms with Gasteiger partial charge in [-0.1, -0.05) is 50.5 Å². The van der Waals surface area contributed by atoms with E-state index in [1.807, 2.05) is 0 Å². The van der Waals surface area contributed by atoms with Gasteiger partial charge < -0.3 is 4.74 Å². The Morgan fingerprint density at radius 1 is 1.10 bits per heavy atom. The number of hydrogen-bond donors (Lipinski definition) is 0. The molecule has 1 heterocycles. The normalized spacial score (nSPS) is 34.0. The second-order valence-electron chi connectivity index (χ2n) is 6.08. The van der Waals surface area contributed by atoms with Gasteiger partial charge in [-0.3, -0.25) is 4.79 Å². The number of esters is 1. The smallest absolute Gasteiger partial charge is 0.306 e. The first kappa shape index (κ1) is 15.3. The summed E-state index contributed by atoms with van der Waals surface area (Å²) in [5.41, 5.74) is 0. The molecule has 0 fully saturated rings.